The summed E-state index contributed by atoms with van der Waals surface area (Å²) >= 11 is 1.72. The first kappa shape index (κ1) is 31.2. The summed E-state index contributed by atoms with van der Waals surface area (Å²) in [7, 11) is 0. The van der Waals surface area contributed by atoms with Crippen molar-refractivity contribution in [3.63, 3.8) is 0 Å². The maximum atomic E-state index is 5.22. The largest absolute Gasteiger partial charge is 0.353 e. The number of aromatic nitrogens is 1. The third-order valence-corrected chi connectivity index (χ3v) is 11.5. The highest BCUT2D eigenvalue weighted by atomic mass is 32.1. The van der Waals surface area contributed by atoms with Crippen molar-refractivity contribution < 1.29 is 0 Å². The van der Waals surface area contributed by atoms with Crippen molar-refractivity contribution in [3.05, 3.63) is 216 Å². The number of anilines is 1. The molecule has 4 nitrogen and oxygen atoms in total. The average Bonchev–Trinajstić information content (AvgIpc) is 3.80. The summed E-state index contributed by atoms with van der Waals surface area (Å²) in [4.78, 5) is 10.1. The van der Waals surface area contributed by atoms with E-state index in [1.54, 1.807) is 11.3 Å². The van der Waals surface area contributed by atoms with Gasteiger partial charge in [-0.15, -0.1) is 11.3 Å². The molecule has 0 saturated heterocycles. The Bertz CT molecular complexity index is 2610. The lowest BCUT2D eigenvalue weighted by Crippen LogP contribution is -2.35. The first-order valence-corrected chi connectivity index (χ1v) is 18.8. The van der Waals surface area contributed by atoms with E-state index < -0.39 is 11.7 Å². The standard InChI is InChI=1S/C48H34N4S/c1-3-14-32(15-4-1)37-27-26-36(48(35-18-5-2-6-19-35)40-22-9-7-20-38(40)39-21-8-10-23-41(39)48)31-44(37)52-47-49-29-28-42(51-47)33-16-13-17-34(30-33)46-50-43-24-11-12-25-45(43)53-46/h1-31,47,49,52H. The van der Waals surface area contributed by atoms with Crippen molar-refractivity contribution in [1.82, 2.24) is 10.3 Å². The Hall–Kier alpha value is -6.56. The van der Waals surface area contributed by atoms with E-state index in [2.05, 4.69) is 180 Å². The van der Waals surface area contributed by atoms with Gasteiger partial charge in [0.15, 0.2) is 6.29 Å². The lowest BCUT2D eigenvalue weighted by molar-refractivity contribution is 0.681. The number of nitrogens with one attached hydrogen (secondary N) is 2. The Balaban J connectivity index is 1.09. The van der Waals surface area contributed by atoms with Crippen molar-refractivity contribution in [2.24, 2.45) is 4.99 Å². The molecule has 10 rings (SSSR count). The van der Waals surface area contributed by atoms with E-state index in [0.29, 0.717) is 0 Å². The van der Waals surface area contributed by atoms with Gasteiger partial charge in [-0.25, -0.2) is 9.98 Å². The molecule has 0 fully saturated rings. The van der Waals surface area contributed by atoms with Crippen LogP contribution < -0.4 is 10.6 Å². The summed E-state index contributed by atoms with van der Waals surface area (Å²) in [5, 5.41) is 8.32. The van der Waals surface area contributed by atoms with Crippen LogP contribution in [0.15, 0.2) is 193 Å². The van der Waals surface area contributed by atoms with E-state index in [1.165, 1.54) is 38.1 Å². The van der Waals surface area contributed by atoms with Crippen LogP contribution in [0.3, 0.4) is 0 Å². The molecule has 2 heterocycles. The molecule has 8 aromatic rings. The molecule has 2 N–H and O–H groups in total. The fourth-order valence-electron chi connectivity index (χ4n) is 8.12. The van der Waals surface area contributed by atoms with Crippen LogP contribution in [0.1, 0.15) is 27.8 Å². The highest BCUT2D eigenvalue weighted by Gasteiger charge is 2.46. The van der Waals surface area contributed by atoms with Gasteiger partial charge in [0, 0.05) is 28.6 Å². The minimum absolute atomic E-state index is 0.394. The first-order valence-electron chi connectivity index (χ1n) is 17.9. The maximum Gasteiger partial charge on any atom is 0.194 e. The number of hydrogen-bond acceptors (Lipinski definition) is 5. The van der Waals surface area contributed by atoms with Gasteiger partial charge in [0.25, 0.3) is 0 Å². The highest BCUT2D eigenvalue weighted by molar-refractivity contribution is 7.21. The van der Waals surface area contributed by atoms with E-state index in [1.807, 2.05) is 18.3 Å². The molecule has 7 aromatic carbocycles. The molecule has 1 aromatic heterocycles. The zero-order valence-corrected chi connectivity index (χ0v) is 29.6. The van der Waals surface area contributed by atoms with E-state index in [9.17, 15) is 0 Å². The number of aliphatic imine (C=N–C) groups is 1. The molecule has 0 radical (unpaired) electrons. The lowest BCUT2D eigenvalue weighted by Gasteiger charge is -2.34. The fourth-order valence-corrected chi connectivity index (χ4v) is 9.08. The number of nitrogens with zero attached hydrogens (tertiary/aromatic N) is 2. The lowest BCUT2D eigenvalue weighted by atomic mass is 9.67. The quantitative estimate of drug-likeness (QED) is 0.174. The van der Waals surface area contributed by atoms with Gasteiger partial charge in [0.2, 0.25) is 0 Å². The smallest absolute Gasteiger partial charge is 0.194 e. The first-order chi connectivity index (χ1) is 26.3. The number of thiazole rings is 1. The molecule has 0 saturated carbocycles. The van der Waals surface area contributed by atoms with Gasteiger partial charge in [0.1, 0.15) is 5.01 Å². The summed E-state index contributed by atoms with van der Waals surface area (Å²) in [5.74, 6) is 0. The van der Waals surface area contributed by atoms with Crippen LogP contribution in [0.2, 0.25) is 0 Å². The second kappa shape index (κ2) is 12.9. The Kier molecular flexibility index (Phi) is 7.59. The van der Waals surface area contributed by atoms with Crippen LogP contribution in [-0.4, -0.2) is 17.0 Å². The normalized spacial score (nSPS) is 15.3. The molecule has 1 aliphatic heterocycles. The van der Waals surface area contributed by atoms with Gasteiger partial charge in [-0.1, -0.05) is 152 Å². The zero-order valence-electron chi connectivity index (χ0n) is 28.8. The van der Waals surface area contributed by atoms with Gasteiger partial charge in [-0.2, -0.15) is 0 Å². The molecule has 2 aliphatic rings. The number of fused-ring (bicyclic) bond motifs is 4. The van der Waals surface area contributed by atoms with Gasteiger partial charge in [-0.05, 0) is 69.3 Å². The Morgan fingerprint density at radius 3 is 1.98 bits per heavy atom. The molecule has 0 amide bonds. The van der Waals surface area contributed by atoms with Crippen molar-refractivity contribution in [2.75, 3.05) is 5.32 Å². The summed E-state index contributed by atoms with van der Waals surface area (Å²) < 4.78 is 1.19. The maximum absolute atomic E-state index is 5.22. The van der Waals surface area contributed by atoms with Crippen molar-refractivity contribution in [3.8, 4) is 32.8 Å². The summed E-state index contributed by atoms with van der Waals surface area (Å²) in [6.07, 6.45) is 3.64. The Labute approximate surface area is 312 Å². The topological polar surface area (TPSA) is 49.3 Å². The molecule has 0 bridgehead atoms. The third kappa shape index (κ3) is 5.28. The fraction of sp³-hybridized carbons (Fsp3) is 0.0417. The van der Waals surface area contributed by atoms with E-state index in [-0.39, 0.29) is 0 Å². The van der Waals surface area contributed by atoms with Gasteiger partial charge < -0.3 is 10.6 Å². The van der Waals surface area contributed by atoms with Crippen molar-refractivity contribution in [2.45, 2.75) is 11.7 Å². The number of para-hydroxylation sites is 1. The Morgan fingerprint density at radius 2 is 1.21 bits per heavy atom. The highest BCUT2D eigenvalue weighted by Crippen LogP contribution is 2.56. The molecule has 5 heteroatoms. The minimum Gasteiger partial charge on any atom is -0.353 e. The SMILES string of the molecule is C1=CC(c2cccc(-c3nc4ccccc4s3)c2)=NC(Nc2cc(C3(c4ccccc4)c4ccccc4-c4ccccc43)ccc2-c2ccccc2)N1. The predicted molar refractivity (Wildman–Crippen MR) is 220 cm³/mol. The molecular weight excluding hydrogens is 665 g/mol. The average molecular weight is 699 g/mol. The minimum atomic E-state index is -0.504. The monoisotopic (exact) mass is 698 g/mol. The van der Waals surface area contributed by atoms with Gasteiger partial charge in [-0.3, -0.25) is 0 Å². The van der Waals surface area contributed by atoms with E-state index in [4.69, 9.17) is 9.98 Å². The summed E-state index contributed by atoms with van der Waals surface area (Å²) in [6, 6.07) is 63.0. The summed E-state index contributed by atoms with van der Waals surface area (Å²) in [6.45, 7) is 0. The van der Waals surface area contributed by atoms with Crippen LogP contribution in [0.4, 0.5) is 5.69 Å². The molecule has 1 atom stereocenters. The van der Waals surface area contributed by atoms with E-state index in [0.717, 1.165) is 44.2 Å². The number of hydrogen-bond donors (Lipinski definition) is 2. The van der Waals surface area contributed by atoms with Gasteiger partial charge in [0.05, 0.1) is 21.3 Å². The zero-order chi connectivity index (χ0) is 35.2. The van der Waals surface area contributed by atoms with Gasteiger partial charge >= 0.3 is 0 Å². The molecule has 1 unspecified atom stereocenters. The second-order valence-electron chi connectivity index (χ2n) is 13.5. The molecule has 53 heavy (non-hydrogen) atoms. The van der Waals surface area contributed by atoms with Crippen LogP contribution in [0.25, 0.3) is 43.0 Å². The van der Waals surface area contributed by atoms with Crippen molar-refractivity contribution in [1.29, 1.82) is 0 Å². The molecule has 1 aliphatic carbocycles. The van der Waals surface area contributed by atoms with Crippen LogP contribution in [-0.2, 0) is 5.41 Å². The second-order valence-corrected chi connectivity index (χ2v) is 14.5. The predicted octanol–water partition coefficient (Wildman–Crippen LogP) is 11.3. The Morgan fingerprint density at radius 1 is 0.547 bits per heavy atom. The molecule has 252 valence electrons. The van der Waals surface area contributed by atoms with Crippen LogP contribution in [0, 0.1) is 0 Å². The van der Waals surface area contributed by atoms with Crippen molar-refractivity contribution >= 4 is 33.0 Å². The number of benzene rings is 7. The molecule has 0 spiro atoms. The summed E-state index contributed by atoms with van der Waals surface area (Å²) in [5.41, 5.74) is 14.4. The number of allylic oxidation sites excluding steroid dienone is 1. The number of rotatable bonds is 7. The third-order valence-electron chi connectivity index (χ3n) is 10.5. The van der Waals surface area contributed by atoms with Crippen LogP contribution >= 0.6 is 11.3 Å². The molecular formula is C48H34N4S. The van der Waals surface area contributed by atoms with E-state index >= 15 is 0 Å². The van der Waals surface area contributed by atoms with Crippen LogP contribution in [0.5, 0.6) is 0 Å².